The standard InChI is InChI=1S/C21H17FN2O3/c1-14(25)23-15-11-12-18(22)17(13-15)21(26)24-19-9-5-6-10-20(19)27-16-7-3-2-4-8-16/h2-13H,1H3,(H,23,25)(H,24,26). The largest absolute Gasteiger partial charge is 0.455 e. The van der Waals surface area contributed by atoms with Gasteiger partial charge in [-0.2, -0.15) is 0 Å². The van der Waals surface area contributed by atoms with Gasteiger partial charge in [-0.3, -0.25) is 9.59 Å². The van der Waals surface area contributed by atoms with Gasteiger partial charge in [0, 0.05) is 12.6 Å². The second-order valence-electron chi connectivity index (χ2n) is 5.74. The highest BCUT2D eigenvalue weighted by molar-refractivity contribution is 6.06. The molecule has 6 heteroatoms. The molecule has 0 bridgehead atoms. The van der Waals surface area contributed by atoms with Gasteiger partial charge in [-0.15, -0.1) is 0 Å². The van der Waals surface area contributed by atoms with Gasteiger partial charge in [0.05, 0.1) is 11.3 Å². The Kier molecular flexibility index (Phi) is 5.47. The zero-order chi connectivity index (χ0) is 19.2. The Morgan fingerprint density at radius 1 is 0.889 bits per heavy atom. The maximum absolute atomic E-state index is 14.1. The molecule has 0 aliphatic rings. The Morgan fingerprint density at radius 2 is 1.59 bits per heavy atom. The van der Waals surface area contributed by atoms with Crippen LogP contribution < -0.4 is 15.4 Å². The van der Waals surface area contributed by atoms with Crippen LogP contribution in [0.1, 0.15) is 17.3 Å². The summed E-state index contributed by atoms with van der Waals surface area (Å²) in [6.07, 6.45) is 0. The number of para-hydroxylation sites is 3. The van der Waals surface area contributed by atoms with E-state index in [-0.39, 0.29) is 11.5 Å². The maximum Gasteiger partial charge on any atom is 0.258 e. The summed E-state index contributed by atoms with van der Waals surface area (Å²) in [6, 6.07) is 19.8. The lowest BCUT2D eigenvalue weighted by Crippen LogP contribution is -2.15. The first-order valence-electron chi connectivity index (χ1n) is 8.23. The minimum Gasteiger partial charge on any atom is -0.455 e. The van der Waals surface area contributed by atoms with Gasteiger partial charge in [-0.1, -0.05) is 30.3 Å². The fraction of sp³-hybridized carbons (Fsp3) is 0.0476. The van der Waals surface area contributed by atoms with Crippen LogP contribution in [0.5, 0.6) is 11.5 Å². The average molecular weight is 364 g/mol. The van der Waals surface area contributed by atoms with E-state index >= 15 is 0 Å². The lowest BCUT2D eigenvalue weighted by atomic mass is 10.1. The van der Waals surface area contributed by atoms with Crippen LogP contribution in [0.3, 0.4) is 0 Å². The Balaban J connectivity index is 1.83. The highest BCUT2D eigenvalue weighted by Crippen LogP contribution is 2.29. The van der Waals surface area contributed by atoms with Gasteiger partial charge < -0.3 is 15.4 Å². The van der Waals surface area contributed by atoms with Crippen LogP contribution >= 0.6 is 0 Å². The van der Waals surface area contributed by atoms with Gasteiger partial charge in [0.25, 0.3) is 5.91 Å². The van der Waals surface area contributed by atoms with Crippen LogP contribution in [-0.2, 0) is 4.79 Å². The second kappa shape index (κ2) is 8.14. The second-order valence-corrected chi connectivity index (χ2v) is 5.74. The summed E-state index contributed by atoms with van der Waals surface area (Å²) in [5.74, 6) is -0.616. The van der Waals surface area contributed by atoms with E-state index in [0.29, 0.717) is 22.9 Å². The molecule has 27 heavy (non-hydrogen) atoms. The lowest BCUT2D eigenvalue weighted by Gasteiger charge is -2.13. The molecule has 2 N–H and O–H groups in total. The summed E-state index contributed by atoms with van der Waals surface area (Å²) in [7, 11) is 0. The van der Waals surface area contributed by atoms with Crippen molar-refractivity contribution in [1.29, 1.82) is 0 Å². The molecular weight excluding hydrogens is 347 g/mol. The zero-order valence-electron chi connectivity index (χ0n) is 14.5. The third-order valence-electron chi connectivity index (χ3n) is 3.64. The number of carbonyl (C=O) groups excluding carboxylic acids is 2. The first-order valence-corrected chi connectivity index (χ1v) is 8.23. The molecule has 0 unspecified atom stereocenters. The molecule has 0 fully saturated rings. The van der Waals surface area contributed by atoms with E-state index in [9.17, 15) is 14.0 Å². The smallest absolute Gasteiger partial charge is 0.258 e. The molecule has 2 amide bonds. The van der Waals surface area contributed by atoms with Crippen LogP contribution in [0.2, 0.25) is 0 Å². The molecular formula is C21H17FN2O3. The average Bonchev–Trinajstić information content (AvgIpc) is 2.65. The summed E-state index contributed by atoms with van der Waals surface area (Å²) in [5.41, 5.74) is 0.550. The Bertz CT molecular complexity index is 974. The first kappa shape index (κ1) is 18.1. The number of nitrogens with one attached hydrogen (secondary N) is 2. The SMILES string of the molecule is CC(=O)Nc1ccc(F)c(C(=O)Nc2ccccc2Oc2ccccc2)c1. The molecule has 136 valence electrons. The Hall–Kier alpha value is -3.67. The lowest BCUT2D eigenvalue weighted by molar-refractivity contribution is -0.114. The monoisotopic (exact) mass is 364 g/mol. The van der Waals surface area contributed by atoms with E-state index in [1.807, 2.05) is 18.2 Å². The molecule has 0 saturated carbocycles. The molecule has 0 spiro atoms. The van der Waals surface area contributed by atoms with Gasteiger partial charge in [0.15, 0.2) is 5.75 Å². The normalized spacial score (nSPS) is 10.1. The quantitative estimate of drug-likeness (QED) is 0.681. The van der Waals surface area contributed by atoms with Gasteiger partial charge in [-0.25, -0.2) is 4.39 Å². The molecule has 3 aromatic carbocycles. The molecule has 0 atom stereocenters. The number of carbonyl (C=O) groups is 2. The summed E-state index contributed by atoms with van der Waals surface area (Å²) in [5, 5.41) is 5.18. The fourth-order valence-corrected chi connectivity index (χ4v) is 2.44. The number of halogens is 1. The molecule has 0 aromatic heterocycles. The van der Waals surface area contributed by atoms with E-state index in [2.05, 4.69) is 10.6 Å². The summed E-state index contributed by atoms with van der Waals surface area (Å²) < 4.78 is 19.9. The minimum absolute atomic E-state index is 0.184. The van der Waals surface area contributed by atoms with Crippen molar-refractivity contribution in [3.8, 4) is 11.5 Å². The Morgan fingerprint density at radius 3 is 2.33 bits per heavy atom. The summed E-state index contributed by atoms with van der Waals surface area (Å²) in [6.45, 7) is 1.33. The first-order chi connectivity index (χ1) is 13.0. The number of anilines is 2. The predicted octanol–water partition coefficient (Wildman–Crippen LogP) is 4.83. The molecule has 0 radical (unpaired) electrons. The van der Waals surface area contributed by atoms with Crippen LogP contribution in [0, 0.1) is 5.82 Å². The molecule has 0 aliphatic heterocycles. The minimum atomic E-state index is -0.692. The van der Waals surface area contributed by atoms with E-state index < -0.39 is 11.7 Å². The third kappa shape index (κ3) is 4.70. The molecule has 5 nitrogen and oxygen atoms in total. The molecule has 0 heterocycles. The van der Waals surface area contributed by atoms with Crippen LogP contribution in [0.25, 0.3) is 0 Å². The molecule has 0 aliphatic carbocycles. The predicted molar refractivity (Wildman–Crippen MR) is 102 cm³/mol. The van der Waals surface area contributed by atoms with Crippen molar-refractivity contribution < 1.29 is 18.7 Å². The van der Waals surface area contributed by atoms with Crippen molar-refractivity contribution in [3.05, 3.63) is 84.2 Å². The third-order valence-corrected chi connectivity index (χ3v) is 3.64. The summed E-state index contributed by atoms with van der Waals surface area (Å²) in [4.78, 5) is 23.7. The van der Waals surface area contributed by atoms with E-state index in [1.54, 1.807) is 36.4 Å². The Labute approximate surface area is 155 Å². The van der Waals surface area contributed by atoms with Gasteiger partial charge in [0.1, 0.15) is 11.6 Å². The van der Waals surface area contributed by atoms with Crippen LogP contribution in [0.15, 0.2) is 72.8 Å². The van der Waals surface area contributed by atoms with Crippen molar-refractivity contribution in [2.75, 3.05) is 10.6 Å². The van der Waals surface area contributed by atoms with Crippen LogP contribution in [0.4, 0.5) is 15.8 Å². The van der Waals surface area contributed by atoms with E-state index in [0.717, 1.165) is 6.07 Å². The molecule has 3 rings (SSSR count). The highest BCUT2D eigenvalue weighted by Gasteiger charge is 2.15. The summed E-state index contributed by atoms with van der Waals surface area (Å²) >= 11 is 0. The van der Waals surface area contributed by atoms with Crippen molar-refractivity contribution in [2.24, 2.45) is 0 Å². The highest BCUT2D eigenvalue weighted by atomic mass is 19.1. The number of rotatable bonds is 5. The fourth-order valence-electron chi connectivity index (χ4n) is 2.44. The van der Waals surface area contributed by atoms with Crippen molar-refractivity contribution in [3.63, 3.8) is 0 Å². The number of benzene rings is 3. The van der Waals surface area contributed by atoms with Gasteiger partial charge in [0.2, 0.25) is 5.91 Å². The number of hydrogen-bond acceptors (Lipinski definition) is 3. The number of amides is 2. The maximum atomic E-state index is 14.1. The van der Waals surface area contributed by atoms with Gasteiger partial charge in [-0.05, 0) is 42.5 Å². The van der Waals surface area contributed by atoms with E-state index in [4.69, 9.17) is 4.74 Å². The topological polar surface area (TPSA) is 67.4 Å². The molecule has 0 saturated heterocycles. The van der Waals surface area contributed by atoms with E-state index in [1.165, 1.54) is 19.1 Å². The van der Waals surface area contributed by atoms with Crippen molar-refractivity contribution >= 4 is 23.2 Å². The van der Waals surface area contributed by atoms with Crippen LogP contribution in [-0.4, -0.2) is 11.8 Å². The van der Waals surface area contributed by atoms with Crippen molar-refractivity contribution in [1.82, 2.24) is 0 Å². The number of ether oxygens (including phenoxy) is 1. The van der Waals surface area contributed by atoms with Gasteiger partial charge >= 0.3 is 0 Å². The van der Waals surface area contributed by atoms with Crippen molar-refractivity contribution in [2.45, 2.75) is 6.92 Å². The zero-order valence-corrected chi connectivity index (χ0v) is 14.5. The molecule has 3 aromatic rings. The number of hydrogen-bond donors (Lipinski definition) is 2.